The summed E-state index contributed by atoms with van der Waals surface area (Å²) >= 11 is 0. The van der Waals surface area contributed by atoms with Crippen LogP contribution in [0.5, 0.6) is 0 Å². The third-order valence-electron chi connectivity index (χ3n) is 3.36. The molecule has 1 N–H and O–H groups in total. The Morgan fingerprint density at radius 3 is 2.46 bits per heavy atom. The van der Waals surface area contributed by atoms with Gasteiger partial charge in [-0.15, -0.1) is 0 Å². The fraction of sp³-hybridized carbons (Fsp3) is 0.800. The van der Waals surface area contributed by atoms with Crippen LogP contribution in [0.15, 0.2) is 12.2 Å². The van der Waals surface area contributed by atoms with Gasteiger partial charge in [-0.1, -0.05) is 6.58 Å². The Balaban J connectivity index is 2.12. The second kappa shape index (κ2) is 2.53. The fourth-order valence-corrected chi connectivity index (χ4v) is 2.51. The van der Waals surface area contributed by atoms with Gasteiger partial charge in [-0.2, -0.15) is 0 Å². The van der Waals surface area contributed by atoms with E-state index in [1.807, 2.05) is 0 Å². The van der Waals surface area contributed by atoms with Crippen molar-refractivity contribution in [2.75, 3.05) is 0 Å². The highest BCUT2D eigenvalue weighted by Gasteiger charge is 2.56. The van der Waals surface area contributed by atoms with Gasteiger partial charge in [0.05, 0.1) is 6.10 Å². The van der Waals surface area contributed by atoms with Crippen LogP contribution >= 0.6 is 0 Å². The zero-order valence-corrected chi connectivity index (χ0v) is 7.63. The molecule has 4 unspecified atom stereocenters. The van der Waals surface area contributed by atoms with Gasteiger partial charge in [-0.25, -0.2) is 8.78 Å². The van der Waals surface area contributed by atoms with Crippen LogP contribution < -0.4 is 0 Å². The molecule has 0 aromatic heterocycles. The lowest BCUT2D eigenvalue weighted by Gasteiger charge is -2.24. The van der Waals surface area contributed by atoms with E-state index in [1.54, 1.807) is 0 Å². The summed E-state index contributed by atoms with van der Waals surface area (Å²) in [5.74, 6) is -2.43. The van der Waals surface area contributed by atoms with Crippen LogP contribution in [0, 0.1) is 17.8 Å². The molecular formula is C10H14F2O. The SMILES string of the molecule is C=C(C1C(O)CC2CC21)C(C)(F)F. The number of aliphatic hydroxyl groups excluding tert-OH is 1. The number of halogens is 2. The zero-order chi connectivity index (χ0) is 9.80. The predicted octanol–water partition coefficient (Wildman–Crippen LogP) is 2.21. The van der Waals surface area contributed by atoms with Crippen molar-refractivity contribution in [1.29, 1.82) is 0 Å². The number of hydrogen-bond acceptors (Lipinski definition) is 1. The molecule has 0 aromatic carbocycles. The lowest BCUT2D eigenvalue weighted by Crippen LogP contribution is -2.28. The Bertz CT molecular complexity index is 242. The van der Waals surface area contributed by atoms with Crippen molar-refractivity contribution in [3.8, 4) is 0 Å². The third-order valence-corrected chi connectivity index (χ3v) is 3.36. The zero-order valence-electron chi connectivity index (χ0n) is 7.63. The van der Waals surface area contributed by atoms with E-state index in [-0.39, 0.29) is 17.4 Å². The van der Waals surface area contributed by atoms with Crippen molar-refractivity contribution < 1.29 is 13.9 Å². The van der Waals surface area contributed by atoms with Crippen molar-refractivity contribution in [2.45, 2.75) is 31.8 Å². The van der Waals surface area contributed by atoms with Crippen molar-refractivity contribution in [3.05, 3.63) is 12.2 Å². The topological polar surface area (TPSA) is 20.2 Å². The van der Waals surface area contributed by atoms with Crippen molar-refractivity contribution in [3.63, 3.8) is 0 Å². The number of rotatable bonds is 2. The van der Waals surface area contributed by atoms with Gasteiger partial charge in [0.15, 0.2) is 0 Å². The molecule has 4 atom stereocenters. The Labute approximate surface area is 76.4 Å². The smallest absolute Gasteiger partial charge is 0.266 e. The van der Waals surface area contributed by atoms with Crippen molar-refractivity contribution in [2.24, 2.45) is 17.8 Å². The van der Waals surface area contributed by atoms with Crippen LogP contribution in [0.3, 0.4) is 0 Å². The second-order valence-electron chi connectivity index (χ2n) is 4.40. The number of hydrogen-bond donors (Lipinski definition) is 1. The maximum absolute atomic E-state index is 12.9. The summed E-state index contributed by atoms with van der Waals surface area (Å²) in [5, 5.41) is 9.53. The van der Waals surface area contributed by atoms with Gasteiger partial charge in [-0.3, -0.25) is 0 Å². The van der Waals surface area contributed by atoms with Crippen LogP contribution in [0.1, 0.15) is 19.8 Å². The largest absolute Gasteiger partial charge is 0.392 e. The molecule has 13 heavy (non-hydrogen) atoms. The van der Waals surface area contributed by atoms with Gasteiger partial charge in [0.2, 0.25) is 0 Å². The Kier molecular flexibility index (Phi) is 1.78. The lowest BCUT2D eigenvalue weighted by atomic mass is 9.89. The fourth-order valence-electron chi connectivity index (χ4n) is 2.51. The summed E-state index contributed by atoms with van der Waals surface area (Å²) in [6.07, 6.45) is 1.10. The molecule has 0 amide bonds. The van der Waals surface area contributed by atoms with E-state index in [2.05, 4.69) is 6.58 Å². The molecule has 74 valence electrons. The maximum Gasteiger partial charge on any atom is 0.266 e. The van der Waals surface area contributed by atoms with Gasteiger partial charge in [-0.05, 0) is 30.3 Å². The summed E-state index contributed by atoms with van der Waals surface area (Å²) in [4.78, 5) is 0. The van der Waals surface area contributed by atoms with Gasteiger partial charge in [0.1, 0.15) is 0 Å². The van der Waals surface area contributed by atoms with Crippen LogP contribution in [-0.2, 0) is 0 Å². The number of aliphatic hydroxyl groups is 1. The average molecular weight is 188 g/mol. The van der Waals surface area contributed by atoms with Gasteiger partial charge >= 0.3 is 0 Å². The molecule has 2 aliphatic rings. The highest BCUT2D eigenvalue weighted by Crippen LogP contribution is 2.58. The molecule has 2 fully saturated rings. The first-order valence-corrected chi connectivity index (χ1v) is 4.66. The first-order valence-electron chi connectivity index (χ1n) is 4.66. The summed E-state index contributed by atoms with van der Waals surface area (Å²) in [6, 6.07) is 0. The number of alkyl halides is 2. The molecular weight excluding hydrogens is 174 g/mol. The molecule has 0 aliphatic heterocycles. The van der Waals surface area contributed by atoms with Crippen LogP contribution in [0.4, 0.5) is 8.78 Å². The molecule has 0 heterocycles. The standard InChI is InChI=1S/C10H14F2O/c1-5(10(2,11)12)9-7-3-6(7)4-8(9)13/h6-9,13H,1,3-4H2,2H3. The molecule has 1 nitrogen and oxygen atoms in total. The first kappa shape index (κ1) is 9.13. The van der Waals surface area contributed by atoms with Crippen LogP contribution in [0.25, 0.3) is 0 Å². The minimum Gasteiger partial charge on any atom is -0.392 e. The molecule has 3 heteroatoms. The molecule has 0 saturated heterocycles. The van der Waals surface area contributed by atoms with Gasteiger partial charge in [0, 0.05) is 12.8 Å². The third kappa shape index (κ3) is 1.39. The summed E-state index contributed by atoms with van der Waals surface area (Å²) in [6.45, 7) is 4.28. The molecule has 0 radical (unpaired) electrons. The van der Waals surface area contributed by atoms with Crippen molar-refractivity contribution in [1.82, 2.24) is 0 Å². The minimum atomic E-state index is -2.84. The average Bonchev–Trinajstić information content (AvgIpc) is 2.61. The molecule has 2 saturated carbocycles. The second-order valence-corrected chi connectivity index (χ2v) is 4.40. The van der Waals surface area contributed by atoms with E-state index in [4.69, 9.17) is 0 Å². The van der Waals surface area contributed by atoms with Crippen LogP contribution in [-0.4, -0.2) is 17.1 Å². The minimum absolute atomic E-state index is 0.0787. The van der Waals surface area contributed by atoms with E-state index in [1.165, 1.54) is 0 Å². The van der Waals surface area contributed by atoms with E-state index >= 15 is 0 Å². The molecule has 0 spiro atoms. The quantitative estimate of drug-likeness (QED) is 0.659. The first-order chi connectivity index (χ1) is 5.91. The summed E-state index contributed by atoms with van der Waals surface area (Å²) < 4.78 is 25.8. The molecule has 2 rings (SSSR count). The van der Waals surface area contributed by atoms with E-state index in [0.29, 0.717) is 12.3 Å². The maximum atomic E-state index is 12.9. The molecule has 0 bridgehead atoms. The molecule has 2 aliphatic carbocycles. The predicted molar refractivity (Wildman–Crippen MR) is 45.5 cm³/mol. The molecule has 0 aromatic rings. The van der Waals surface area contributed by atoms with Crippen LogP contribution in [0.2, 0.25) is 0 Å². The Morgan fingerprint density at radius 1 is 1.46 bits per heavy atom. The van der Waals surface area contributed by atoms with Crippen molar-refractivity contribution >= 4 is 0 Å². The summed E-state index contributed by atoms with van der Waals surface area (Å²) in [5.41, 5.74) is -0.0787. The van der Waals surface area contributed by atoms with E-state index < -0.39 is 12.0 Å². The Morgan fingerprint density at radius 2 is 2.08 bits per heavy atom. The van der Waals surface area contributed by atoms with Gasteiger partial charge < -0.3 is 5.11 Å². The highest BCUT2D eigenvalue weighted by atomic mass is 19.3. The van der Waals surface area contributed by atoms with E-state index in [0.717, 1.165) is 13.3 Å². The van der Waals surface area contributed by atoms with E-state index in [9.17, 15) is 13.9 Å². The summed E-state index contributed by atoms with van der Waals surface area (Å²) in [7, 11) is 0. The van der Waals surface area contributed by atoms with Gasteiger partial charge in [0.25, 0.3) is 5.92 Å². The normalized spacial score (nSPS) is 43.1. The monoisotopic (exact) mass is 188 g/mol. The highest BCUT2D eigenvalue weighted by molar-refractivity contribution is 5.21. The number of fused-ring (bicyclic) bond motifs is 1. The lowest BCUT2D eigenvalue weighted by molar-refractivity contribution is 0.0311. The Hall–Kier alpha value is -0.440.